The van der Waals surface area contributed by atoms with Crippen molar-refractivity contribution in [3.63, 3.8) is 0 Å². The van der Waals surface area contributed by atoms with Crippen LogP contribution in [0.15, 0.2) is 0 Å². The SMILES string of the molecule is NC1(C(=O)NCC2CCCCC2O)CCOC1. The molecule has 0 aromatic rings. The lowest BCUT2D eigenvalue weighted by molar-refractivity contribution is -0.126. The van der Waals surface area contributed by atoms with Crippen molar-refractivity contribution >= 4 is 5.91 Å². The van der Waals surface area contributed by atoms with E-state index in [1.807, 2.05) is 0 Å². The Bertz CT molecular complexity index is 277. The smallest absolute Gasteiger partial charge is 0.242 e. The largest absolute Gasteiger partial charge is 0.393 e. The van der Waals surface area contributed by atoms with E-state index in [1.54, 1.807) is 0 Å². The molecule has 0 radical (unpaired) electrons. The maximum atomic E-state index is 11.9. The molecule has 2 aliphatic rings. The fraction of sp³-hybridized carbons (Fsp3) is 0.917. The molecule has 2 fully saturated rings. The lowest BCUT2D eigenvalue weighted by Gasteiger charge is -2.29. The van der Waals surface area contributed by atoms with Crippen molar-refractivity contribution in [2.45, 2.75) is 43.7 Å². The van der Waals surface area contributed by atoms with Gasteiger partial charge in [0.05, 0.1) is 12.7 Å². The summed E-state index contributed by atoms with van der Waals surface area (Å²) in [5.41, 5.74) is 5.09. The zero-order valence-corrected chi connectivity index (χ0v) is 10.2. The molecule has 1 saturated heterocycles. The van der Waals surface area contributed by atoms with Crippen LogP contribution >= 0.6 is 0 Å². The number of carbonyl (C=O) groups is 1. The minimum atomic E-state index is -0.861. The van der Waals surface area contributed by atoms with Crippen LogP contribution in [0.2, 0.25) is 0 Å². The molecule has 0 spiro atoms. The molecule has 1 aliphatic heterocycles. The van der Waals surface area contributed by atoms with Crippen molar-refractivity contribution in [1.29, 1.82) is 0 Å². The molecule has 3 unspecified atom stereocenters. The second kappa shape index (κ2) is 5.33. The van der Waals surface area contributed by atoms with Crippen molar-refractivity contribution in [2.24, 2.45) is 11.7 Å². The van der Waals surface area contributed by atoms with Crippen LogP contribution in [-0.4, -0.2) is 42.4 Å². The predicted molar refractivity (Wildman–Crippen MR) is 63.3 cm³/mol. The number of carbonyl (C=O) groups excluding carboxylic acids is 1. The van der Waals surface area contributed by atoms with Gasteiger partial charge in [-0.05, 0) is 19.3 Å². The normalized spacial score (nSPS) is 38.0. The van der Waals surface area contributed by atoms with E-state index in [-0.39, 0.29) is 17.9 Å². The highest BCUT2D eigenvalue weighted by Gasteiger charge is 2.38. The predicted octanol–water partition coefficient (Wildman–Crippen LogP) is -0.229. The van der Waals surface area contributed by atoms with Gasteiger partial charge in [0.25, 0.3) is 0 Å². The number of aliphatic hydroxyl groups is 1. The van der Waals surface area contributed by atoms with Gasteiger partial charge >= 0.3 is 0 Å². The highest BCUT2D eigenvalue weighted by Crippen LogP contribution is 2.24. The van der Waals surface area contributed by atoms with Crippen LogP contribution in [-0.2, 0) is 9.53 Å². The number of aliphatic hydroxyl groups excluding tert-OH is 1. The molecular formula is C12H22N2O3. The maximum Gasteiger partial charge on any atom is 0.242 e. The summed E-state index contributed by atoms with van der Waals surface area (Å²) >= 11 is 0. The first-order valence-corrected chi connectivity index (χ1v) is 6.45. The van der Waals surface area contributed by atoms with E-state index in [0.717, 1.165) is 25.7 Å². The maximum absolute atomic E-state index is 11.9. The van der Waals surface area contributed by atoms with E-state index in [0.29, 0.717) is 26.2 Å². The lowest BCUT2D eigenvalue weighted by atomic mass is 9.86. The molecule has 98 valence electrons. The van der Waals surface area contributed by atoms with Gasteiger partial charge in [0.2, 0.25) is 5.91 Å². The minimum Gasteiger partial charge on any atom is -0.393 e. The van der Waals surface area contributed by atoms with Crippen LogP contribution in [0.3, 0.4) is 0 Å². The second-order valence-corrected chi connectivity index (χ2v) is 5.28. The summed E-state index contributed by atoms with van der Waals surface area (Å²) in [6.45, 7) is 1.38. The quantitative estimate of drug-likeness (QED) is 0.638. The molecule has 4 N–H and O–H groups in total. The Hall–Kier alpha value is -0.650. The molecule has 3 atom stereocenters. The van der Waals surface area contributed by atoms with Crippen LogP contribution in [0, 0.1) is 5.92 Å². The molecule has 0 bridgehead atoms. The zero-order chi connectivity index (χ0) is 12.3. The Morgan fingerprint density at radius 1 is 1.47 bits per heavy atom. The number of ether oxygens (including phenoxy) is 1. The van der Waals surface area contributed by atoms with E-state index in [1.165, 1.54) is 0 Å². The number of hydrogen-bond acceptors (Lipinski definition) is 4. The number of hydrogen-bond donors (Lipinski definition) is 3. The number of rotatable bonds is 3. The van der Waals surface area contributed by atoms with Crippen molar-refractivity contribution in [3.8, 4) is 0 Å². The average molecular weight is 242 g/mol. The highest BCUT2D eigenvalue weighted by molar-refractivity contribution is 5.86. The van der Waals surface area contributed by atoms with Crippen LogP contribution < -0.4 is 11.1 Å². The van der Waals surface area contributed by atoms with Gasteiger partial charge in [0.15, 0.2) is 0 Å². The molecule has 17 heavy (non-hydrogen) atoms. The molecule has 1 heterocycles. The third-order valence-corrected chi connectivity index (χ3v) is 3.90. The monoisotopic (exact) mass is 242 g/mol. The third-order valence-electron chi connectivity index (χ3n) is 3.90. The summed E-state index contributed by atoms with van der Waals surface area (Å²) in [5, 5.41) is 12.7. The van der Waals surface area contributed by atoms with E-state index in [9.17, 15) is 9.90 Å². The number of nitrogens with two attached hydrogens (primary N) is 1. The molecule has 2 rings (SSSR count). The number of nitrogens with one attached hydrogen (secondary N) is 1. The summed E-state index contributed by atoms with van der Waals surface area (Å²) in [7, 11) is 0. The first-order valence-electron chi connectivity index (χ1n) is 6.45. The summed E-state index contributed by atoms with van der Waals surface area (Å²) in [4.78, 5) is 11.9. The van der Waals surface area contributed by atoms with Crippen LogP contribution in [0.4, 0.5) is 0 Å². The first-order chi connectivity index (χ1) is 8.12. The van der Waals surface area contributed by atoms with Crippen molar-refractivity contribution in [1.82, 2.24) is 5.32 Å². The van der Waals surface area contributed by atoms with Crippen molar-refractivity contribution < 1.29 is 14.6 Å². The van der Waals surface area contributed by atoms with Crippen molar-refractivity contribution in [3.05, 3.63) is 0 Å². The van der Waals surface area contributed by atoms with Gasteiger partial charge < -0.3 is 20.9 Å². The Kier molecular flexibility index (Phi) is 4.01. The van der Waals surface area contributed by atoms with Crippen LogP contribution in [0.1, 0.15) is 32.1 Å². The fourth-order valence-electron chi connectivity index (χ4n) is 2.59. The molecule has 1 saturated carbocycles. The highest BCUT2D eigenvalue weighted by atomic mass is 16.5. The Morgan fingerprint density at radius 2 is 2.24 bits per heavy atom. The molecule has 1 amide bonds. The lowest BCUT2D eigenvalue weighted by Crippen LogP contribution is -2.55. The van der Waals surface area contributed by atoms with Crippen LogP contribution in [0.25, 0.3) is 0 Å². The molecule has 1 aliphatic carbocycles. The molecule has 0 aromatic carbocycles. The standard InChI is InChI=1S/C12H22N2O3/c13-12(5-6-17-8-12)11(16)14-7-9-3-1-2-4-10(9)15/h9-10,15H,1-8,13H2,(H,14,16). The Morgan fingerprint density at radius 3 is 2.88 bits per heavy atom. The summed E-state index contributed by atoms with van der Waals surface area (Å²) < 4.78 is 5.16. The van der Waals surface area contributed by atoms with Gasteiger partial charge in [-0.15, -0.1) is 0 Å². The summed E-state index contributed by atoms with van der Waals surface area (Å²) in [6.07, 6.45) is 4.34. The van der Waals surface area contributed by atoms with E-state index in [2.05, 4.69) is 5.32 Å². The Balaban J connectivity index is 1.79. The molecule has 5 heteroatoms. The number of amides is 1. The van der Waals surface area contributed by atoms with Gasteiger partial charge in [-0.3, -0.25) is 4.79 Å². The van der Waals surface area contributed by atoms with Gasteiger partial charge in [-0.2, -0.15) is 0 Å². The van der Waals surface area contributed by atoms with E-state index < -0.39 is 5.54 Å². The Labute approximate surface area is 102 Å². The van der Waals surface area contributed by atoms with Gasteiger partial charge in [0, 0.05) is 19.1 Å². The average Bonchev–Trinajstić information content (AvgIpc) is 2.76. The minimum absolute atomic E-state index is 0.146. The van der Waals surface area contributed by atoms with E-state index >= 15 is 0 Å². The summed E-state index contributed by atoms with van der Waals surface area (Å²) in [6, 6.07) is 0. The summed E-state index contributed by atoms with van der Waals surface area (Å²) in [5.74, 6) is 0.0337. The second-order valence-electron chi connectivity index (χ2n) is 5.28. The van der Waals surface area contributed by atoms with E-state index in [4.69, 9.17) is 10.5 Å². The van der Waals surface area contributed by atoms with Crippen LogP contribution in [0.5, 0.6) is 0 Å². The topological polar surface area (TPSA) is 84.6 Å². The third kappa shape index (κ3) is 2.97. The zero-order valence-electron chi connectivity index (χ0n) is 10.2. The molecular weight excluding hydrogens is 220 g/mol. The first kappa shape index (κ1) is 12.8. The van der Waals surface area contributed by atoms with Gasteiger partial charge in [0.1, 0.15) is 5.54 Å². The molecule has 5 nitrogen and oxygen atoms in total. The van der Waals surface area contributed by atoms with Gasteiger partial charge in [-0.25, -0.2) is 0 Å². The van der Waals surface area contributed by atoms with Gasteiger partial charge in [-0.1, -0.05) is 12.8 Å². The van der Waals surface area contributed by atoms with Crippen molar-refractivity contribution in [2.75, 3.05) is 19.8 Å². The fourth-order valence-corrected chi connectivity index (χ4v) is 2.59. The molecule has 0 aromatic heterocycles.